The monoisotopic (exact) mass is 475 g/mol. The first-order valence-electron chi connectivity index (χ1n) is 9.57. The van der Waals surface area contributed by atoms with Gasteiger partial charge in [0.25, 0.3) is 0 Å². The molecule has 2 atom stereocenters. The lowest BCUT2D eigenvalue weighted by Crippen LogP contribution is -2.30. The summed E-state index contributed by atoms with van der Waals surface area (Å²) in [5.74, 6) is 0.867. The van der Waals surface area contributed by atoms with E-state index in [1.807, 2.05) is 67.0 Å². The third kappa shape index (κ3) is 3.40. The van der Waals surface area contributed by atoms with E-state index in [1.54, 1.807) is 6.20 Å². The van der Waals surface area contributed by atoms with Gasteiger partial charge in [-0.15, -0.1) is 0 Å². The lowest BCUT2D eigenvalue weighted by Gasteiger charge is -2.28. The number of nitrogens with zero attached hydrogens (tertiary/aromatic N) is 4. The van der Waals surface area contributed by atoms with Crippen LogP contribution in [0.25, 0.3) is 5.82 Å². The topological polar surface area (TPSA) is 46.0 Å². The van der Waals surface area contributed by atoms with Crippen molar-refractivity contribution in [1.29, 1.82) is 0 Å². The van der Waals surface area contributed by atoms with E-state index in [9.17, 15) is 0 Å². The normalized spacial score (nSPS) is 18.4. The molecular formula is C23H18BrN5S. The van der Waals surface area contributed by atoms with Crippen LogP contribution < -0.4 is 10.2 Å². The summed E-state index contributed by atoms with van der Waals surface area (Å²) in [6, 6.07) is 24.1. The van der Waals surface area contributed by atoms with Crippen LogP contribution >= 0.6 is 28.1 Å². The van der Waals surface area contributed by atoms with Gasteiger partial charge in [-0.25, -0.2) is 4.98 Å². The Kier molecular flexibility index (Phi) is 5.06. The van der Waals surface area contributed by atoms with Crippen molar-refractivity contribution in [2.24, 2.45) is 0 Å². The molecule has 4 aromatic rings. The third-order valence-corrected chi connectivity index (χ3v) is 6.03. The summed E-state index contributed by atoms with van der Waals surface area (Å²) in [5.41, 5.74) is 3.05. The molecule has 0 amide bonds. The summed E-state index contributed by atoms with van der Waals surface area (Å²) < 4.78 is 3.14. The van der Waals surface area contributed by atoms with Crippen LogP contribution in [0.1, 0.15) is 23.5 Å². The first-order valence-corrected chi connectivity index (χ1v) is 10.8. The van der Waals surface area contributed by atoms with Crippen LogP contribution in [0.15, 0.2) is 95.9 Å². The second-order valence-electron chi connectivity index (χ2n) is 6.96. The molecule has 1 aromatic carbocycles. The summed E-state index contributed by atoms with van der Waals surface area (Å²) in [5, 5.41) is 4.17. The molecule has 1 fully saturated rings. The van der Waals surface area contributed by atoms with Crippen molar-refractivity contribution < 1.29 is 0 Å². The van der Waals surface area contributed by atoms with Gasteiger partial charge in [0.15, 0.2) is 5.11 Å². The Hall–Kier alpha value is -3.03. The van der Waals surface area contributed by atoms with Crippen molar-refractivity contribution in [3.05, 3.63) is 107 Å². The number of aromatic nitrogens is 3. The van der Waals surface area contributed by atoms with E-state index in [0.717, 1.165) is 27.4 Å². The number of nitrogens with one attached hydrogen (secondary N) is 1. The molecule has 0 aliphatic carbocycles. The average molecular weight is 476 g/mol. The zero-order valence-corrected chi connectivity index (χ0v) is 18.3. The van der Waals surface area contributed by atoms with Crippen molar-refractivity contribution >= 4 is 38.9 Å². The zero-order chi connectivity index (χ0) is 20.5. The fraction of sp³-hybridized carbons (Fsp3) is 0.0870. The Morgan fingerprint density at radius 1 is 0.867 bits per heavy atom. The zero-order valence-electron chi connectivity index (χ0n) is 15.9. The molecule has 5 rings (SSSR count). The van der Waals surface area contributed by atoms with Crippen molar-refractivity contribution in [2.75, 3.05) is 4.90 Å². The van der Waals surface area contributed by atoms with Crippen LogP contribution in [0.2, 0.25) is 0 Å². The summed E-state index contributed by atoms with van der Waals surface area (Å²) in [6.07, 6.45) is 5.66. The molecular weight excluding hydrogens is 458 g/mol. The molecule has 30 heavy (non-hydrogen) atoms. The molecule has 1 aliphatic rings. The van der Waals surface area contributed by atoms with Gasteiger partial charge in [0.05, 0.1) is 11.7 Å². The lowest BCUT2D eigenvalue weighted by molar-refractivity contribution is 0.548. The van der Waals surface area contributed by atoms with Gasteiger partial charge >= 0.3 is 0 Å². The number of hydrogen-bond donors (Lipinski definition) is 1. The number of hydrogen-bond acceptors (Lipinski definition) is 3. The molecule has 0 saturated carbocycles. The standard InChI is InChI=1S/C23H18BrN5S/c24-16-9-11-17(12-10-16)29-22(21(27-23(29)30)18-6-1-3-13-25-18)19-7-5-15-28(19)20-8-2-4-14-26-20/h1-15,21-22H,(H,27,30). The maximum atomic E-state index is 5.79. The van der Waals surface area contributed by atoms with E-state index in [-0.39, 0.29) is 12.1 Å². The largest absolute Gasteiger partial charge is 0.351 e. The first kappa shape index (κ1) is 19.0. The van der Waals surface area contributed by atoms with Crippen LogP contribution in [0, 0.1) is 0 Å². The van der Waals surface area contributed by atoms with E-state index in [4.69, 9.17) is 12.2 Å². The van der Waals surface area contributed by atoms with Gasteiger partial charge in [-0.05, 0) is 72.9 Å². The number of thiocarbonyl (C=S) groups is 1. The second-order valence-corrected chi connectivity index (χ2v) is 8.27. The van der Waals surface area contributed by atoms with Crippen LogP contribution in [0.3, 0.4) is 0 Å². The van der Waals surface area contributed by atoms with Gasteiger partial charge in [-0.2, -0.15) is 0 Å². The second kappa shape index (κ2) is 8.01. The highest BCUT2D eigenvalue weighted by atomic mass is 79.9. The molecule has 2 unspecified atom stereocenters. The van der Waals surface area contributed by atoms with Gasteiger partial charge in [0.1, 0.15) is 11.9 Å². The van der Waals surface area contributed by atoms with E-state index < -0.39 is 0 Å². The minimum Gasteiger partial charge on any atom is -0.351 e. The average Bonchev–Trinajstić information content (AvgIpc) is 3.40. The van der Waals surface area contributed by atoms with Gasteiger partial charge in [-0.1, -0.05) is 28.1 Å². The Labute approximate surface area is 188 Å². The molecule has 1 N–H and O–H groups in total. The molecule has 1 saturated heterocycles. The highest BCUT2D eigenvalue weighted by Gasteiger charge is 2.42. The molecule has 148 valence electrons. The number of anilines is 1. The number of rotatable bonds is 4. The fourth-order valence-corrected chi connectivity index (χ4v) is 4.49. The Morgan fingerprint density at radius 2 is 1.63 bits per heavy atom. The van der Waals surface area contributed by atoms with E-state index in [2.05, 4.69) is 58.9 Å². The maximum Gasteiger partial charge on any atom is 0.174 e. The number of benzene rings is 1. The minimum atomic E-state index is -0.0975. The Bertz CT molecular complexity index is 1160. The predicted octanol–water partition coefficient (Wildman–Crippen LogP) is 5.21. The summed E-state index contributed by atoms with van der Waals surface area (Å²) in [4.78, 5) is 11.3. The van der Waals surface area contributed by atoms with Crippen LogP contribution in [0.4, 0.5) is 5.69 Å². The summed E-state index contributed by atoms with van der Waals surface area (Å²) in [6.45, 7) is 0. The summed E-state index contributed by atoms with van der Waals surface area (Å²) in [7, 11) is 0. The highest BCUT2D eigenvalue weighted by Crippen LogP contribution is 2.42. The molecule has 0 bridgehead atoms. The molecule has 3 aromatic heterocycles. The van der Waals surface area contributed by atoms with Gasteiger partial charge in [0.2, 0.25) is 0 Å². The smallest absolute Gasteiger partial charge is 0.174 e. The van der Waals surface area contributed by atoms with E-state index in [0.29, 0.717) is 5.11 Å². The first-order chi connectivity index (χ1) is 14.7. The molecule has 5 nitrogen and oxygen atoms in total. The lowest BCUT2D eigenvalue weighted by atomic mass is 10.0. The molecule has 0 radical (unpaired) electrons. The molecule has 0 spiro atoms. The van der Waals surface area contributed by atoms with Gasteiger partial charge < -0.3 is 14.8 Å². The van der Waals surface area contributed by atoms with E-state index in [1.165, 1.54) is 0 Å². The van der Waals surface area contributed by atoms with Gasteiger partial charge in [0, 0.05) is 34.4 Å². The Balaban J connectivity index is 1.67. The quantitative estimate of drug-likeness (QED) is 0.410. The number of pyridine rings is 2. The van der Waals surface area contributed by atoms with Crippen molar-refractivity contribution in [1.82, 2.24) is 19.9 Å². The highest BCUT2D eigenvalue weighted by molar-refractivity contribution is 9.10. The SMILES string of the molecule is S=C1NC(c2ccccn2)C(c2cccn2-c2ccccn2)N1c1ccc(Br)cc1. The van der Waals surface area contributed by atoms with Crippen molar-refractivity contribution in [2.45, 2.75) is 12.1 Å². The van der Waals surface area contributed by atoms with Crippen LogP contribution in [-0.2, 0) is 0 Å². The third-order valence-electron chi connectivity index (χ3n) is 5.18. The molecule has 7 heteroatoms. The maximum absolute atomic E-state index is 5.79. The number of halogens is 1. The molecule has 4 heterocycles. The van der Waals surface area contributed by atoms with Gasteiger partial charge in [-0.3, -0.25) is 4.98 Å². The Morgan fingerprint density at radius 3 is 2.33 bits per heavy atom. The minimum absolute atomic E-state index is 0.0921. The molecule has 1 aliphatic heterocycles. The van der Waals surface area contributed by atoms with E-state index >= 15 is 0 Å². The van der Waals surface area contributed by atoms with Crippen LogP contribution in [-0.4, -0.2) is 19.6 Å². The fourth-order valence-electron chi connectivity index (χ4n) is 3.88. The van der Waals surface area contributed by atoms with Crippen LogP contribution in [0.5, 0.6) is 0 Å². The summed E-state index contributed by atoms with van der Waals surface area (Å²) >= 11 is 9.32. The van der Waals surface area contributed by atoms with Crippen molar-refractivity contribution in [3.8, 4) is 5.82 Å². The predicted molar refractivity (Wildman–Crippen MR) is 126 cm³/mol. The van der Waals surface area contributed by atoms with Crippen molar-refractivity contribution in [3.63, 3.8) is 0 Å².